The molecule has 0 bridgehead atoms. The van der Waals surface area contributed by atoms with E-state index in [-0.39, 0.29) is 11.5 Å². The summed E-state index contributed by atoms with van der Waals surface area (Å²) in [7, 11) is 14.0. The fourth-order valence-electron chi connectivity index (χ4n) is 7.95. The van der Waals surface area contributed by atoms with Gasteiger partial charge in [0.2, 0.25) is 0 Å². The van der Waals surface area contributed by atoms with Crippen LogP contribution in [0.4, 0.5) is 0 Å². The highest BCUT2D eigenvalue weighted by molar-refractivity contribution is 6.61. The lowest BCUT2D eigenvalue weighted by atomic mass is 9.65. The van der Waals surface area contributed by atoms with Crippen LogP contribution >= 0.6 is 0 Å². The maximum atomic E-state index is 11.4. The van der Waals surface area contributed by atoms with Crippen LogP contribution in [-0.4, -0.2) is 70.2 Å². The predicted molar refractivity (Wildman–Crippen MR) is 227 cm³/mol. The minimum absolute atomic E-state index is 0.0741. The van der Waals surface area contributed by atoms with Gasteiger partial charge >= 0.3 is 0 Å². The van der Waals surface area contributed by atoms with Crippen LogP contribution in [0.1, 0.15) is 0 Å². The molecule has 0 aliphatic rings. The molecular formula is C38H31B7O4. The van der Waals surface area contributed by atoms with Crippen molar-refractivity contribution in [3.63, 3.8) is 0 Å². The predicted octanol–water partition coefficient (Wildman–Crippen LogP) is -2.18. The van der Waals surface area contributed by atoms with E-state index in [2.05, 4.69) is 82.4 Å². The van der Waals surface area contributed by atoms with Crippen molar-refractivity contribution in [1.29, 1.82) is 0 Å². The van der Waals surface area contributed by atoms with Gasteiger partial charge in [0, 0.05) is 21.9 Å². The Morgan fingerprint density at radius 3 is 1.24 bits per heavy atom. The molecule has 8 rings (SSSR count). The average molecular weight is 627 g/mol. The average Bonchev–Trinajstić information content (AvgIpc) is 3.48. The van der Waals surface area contributed by atoms with E-state index < -0.39 is 0 Å². The molecule has 0 amide bonds. The van der Waals surface area contributed by atoms with Gasteiger partial charge in [-0.15, -0.1) is 0 Å². The van der Waals surface area contributed by atoms with Gasteiger partial charge in [-0.1, -0.05) is 98.9 Å². The fraction of sp³-hybridized carbons (Fsp3) is 0. The van der Waals surface area contributed by atoms with Crippen molar-refractivity contribution < 1.29 is 19.7 Å². The Kier molecular flexibility index (Phi) is 7.04. The Bertz CT molecular complexity index is 2620. The highest BCUT2D eigenvalue weighted by Gasteiger charge is 2.24. The lowest BCUT2D eigenvalue weighted by Crippen LogP contribution is -2.42. The summed E-state index contributed by atoms with van der Waals surface area (Å²) in [6, 6.07) is 29.5. The van der Waals surface area contributed by atoms with Gasteiger partial charge < -0.3 is 19.7 Å². The summed E-state index contributed by atoms with van der Waals surface area (Å²) < 4.78 is 6.38. The summed E-state index contributed by atoms with van der Waals surface area (Å²) in [5.41, 5.74) is 14.2. The molecule has 228 valence electrons. The monoisotopic (exact) mass is 628 g/mol. The van der Waals surface area contributed by atoms with Crippen molar-refractivity contribution in [1.82, 2.24) is 0 Å². The van der Waals surface area contributed by atoms with Crippen molar-refractivity contribution >= 4 is 137 Å². The van der Waals surface area contributed by atoms with Crippen LogP contribution in [0.5, 0.6) is 17.2 Å². The second-order valence-corrected chi connectivity index (χ2v) is 13.5. The molecule has 0 atom stereocenters. The lowest BCUT2D eigenvalue weighted by molar-refractivity contribution is 0.409. The van der Waals surface area contributed by atoms with Crippen molar-refractivity contribution in [2.24, 2.45) is 0 Å². The SMILES string of the molecule is Bc1c(B)c(O)c(O)c(-c2c3ccccc3c(-c3ccc4oc5ccc(-c6c(B)c(B)c(O)c(B)c6B)cc5c4c3)c3ccccc23)c1B. The van der Waals surface area contributed by atoms with Gasteiger partial charge in [0.15, 0.2) is 11.5 Å². The molecule has 4 nitrogen and oxygen atoms in total. The van der Waals surface area contributed by atoms with Crippen LogP contribution in [0, 0.1) is 0 Å². The maximum absolute atomic E-state index is 11.4. The maximum Gasteiger partial charge on any atom is 0.164 e. The zero-order chi connectivity index (χ0) is 34.5. The second kappa shape index (κ2) is 11.1. The fourth-order valence-corrected chi connectivity index (χ4v) is 7.95. The molecule has 1 heterocycles. The van der Waals surface area contributed by atoms with Gasteiger partial charge in [-0.3, -0.25) is 0 Å². The summed E-state index contributed by atoms with van der Waals surface area (Å²) in [5.74, 6) is 0.202. The normalized spacial score (nSPS) is 11.7. The number of phenolic OH excluding ortho intramolecular Hbond substituents is 3. The number of benzene rings is 7. The number of aromatic hydroxyl groups is 3. The summed E-state index contributed by atoms with van der Waals surface area (Å²) in [5, 5.41) is 39.3. The van der Waals surface area contributed by atoms with E-state index >= 15 is 0 Å². The first-order valence-corrected chi connectivity index (χ1v) is 16.7. The third-order valence-electron chi connectivity index (χ3n) is 11.1. The van der Waals surface area contributed by atoms with E-state index in [1.807, 2.05) is 57.4 Å². The van der Waals surface area contributed by atoms with Crippen molar-refractivity contribution in [3.05, 3.63) is 84.9 Å². The quantitative estimate of drug-likeness (QED) is 0.119. The number of fused-ring (bicyclic) bond motifs is 5. The molecule has 0 unspecified atom stereocenters. The van der Waals surface area contributed by atoms with Crippen LogP contribution in [0.15, 0.2) is 89.3 Å². The molecule has 11 heteroatoms. The van der Waals surface area contributed by atoms with Crippen molar-refractivity contribution in [3.8, 4) is 50.6 Å². The van der Waals surface area contributed by atoms with E-state index in [1.54, 1.807) is 0 Å². The second-order valence-electron chi connectivity index (χ2n) is 13.5. The standard InChI is InChI=1S/C38H31B7O4/c39-29-26(30(40)34(44)37(47)33(29)43)16-10-12-24-22(14-16)21-13-15(9-11-23(21)49-24)25-17-5-1-3-7-19(17)27(20-8-4-2-6-18(20)25)28-31(41)32(42)35(45)38(48)36(28)46/h1-14,46-48H,39-45H2. The van der Waals surface area contributed by atoms with Gasteiger partial charge in [-0.05, 0) is 68.1 Å². The first-order valence-electron chi connectivity index (χ1n) is 16.7. The summed E-state index contributed by atoms with van der Waals surface area (Å²) >= 11 is 0. The zero-order valence-corrected chi connectivity index (χ0v) is 28.8. The third kappa shape index (κ3) is 4.41. The molecule has 0 saturated carbocycles. The Morgan fingerprint density at radius 1 is 0.347 bits per heavy atom. The molecule has 0 radical (unpaired) electrons. The molecule has 7 aromatic carbocycles. The summed E-state index contributed by atoms with van der Waals surface area (Å²) in [4.78, 5) is 0. The van der Waals surface area contributed by atoms with Gasteiger partial charge in [0.05, 0.1) is 0 Å². The molecule has 3 N–H and O–H groups in total. The van der Waals surface area contributed by atoms with E-state index in [9.17, 15) is 15.3 Å². The van der Waals surface area contributed by atoms with Crippen LogP contribution in [0.2, 0.25) is 0 Å². The Balaban J connectivity index is 1.42. The Hall–Kier alpha value is -5.29. The molecule has 49 heavy (non-hydrogen) atoms. The van der Waals surface area contributed by atoms with Crippen molar-refractivity contribution in [2.75, 3.05) is 0 Å². The van der Waals surface area contributed by atoms with Gasteiger partial charge in [-0.2, -0.15) is 0 Å². The Labute approximate surface area is 291 Å². The molecule has 0 aliphatic carbocycles. The van der Waals surface area contributed by atoms with Gasteiger partial charge in [-0.25, -0.2) is 0 Å². The highest BCUT2D eigenvalue weighted by Crippen LogP contribution is 2.47. The third-order valence-corrected chi connectivity index (χ3v) is 11.1. The molecular weight excluding hydrogens is 596 g/mol. The number of phenols is 3. The van der Waals surface area contributed by atoms with Crippen LogP contribution < -0.4 is 38.2 Å². The topological polar surface area (TPSA) is 73.8 Å². The van der Waals surface area contributed by atoms with E-state index in [4.69, 9.17) is 4.42 Å². The molecule has 0 spiro atoms. The van der Waals surface area contributed by atoms with Crippen LogP contribution in [0.25, 0.3) is 76.9 Å². The summed E-state index contributed by atoms with van der Waals surface area (Å²) in [6.45, 7) is 0. The van der Waals surface area contributed by atoms with E-state index in [1.165, 1.54) is 0 Å². The van der Waals surface area contributed by atoms with Crippen molar-refractivity contribution in [2.45, 2.75) is 0 Å². The largest absolute Gasteiger partial charge is 0.509 e. The first kappa shape index (κ1) is 31.0. The molecule has 0 fully saturated rings. The lowest BCUT2D eigenvalue weighted by Gasteiger charge is -2.22. The molecule has 0 saturated heterocycles. The minimum atomic E-state index is -0.0877. The zero-order valence-electron chi connectivity index (χ0n) is 28.8. The highest BCUT2D eigenvalue weighted by atomic mass is 16.3. The van der Waals surface area contributed by atoms with E-state index in [0.29, 0.717) is 16.8 Å². The number of rotatable bonds is 3. The van der Waals surface area contributed by atoms with Gasteiger partial charge in [0.25, 0.3) is 0 Å². The van der Waals surface area contributed by atoms with Crippen LogP contribution in [0.3, 0.4) is 0 Å². The van der Waals surface area contributed by atoms with E-state index in [0.717, 1.165) is 104 Å². The number of hydrogen-bond donors (Lipinski definition) is 3. The molecule has 8 aromatic rings. The Morgan fingerprint density at radius 2 is 0.755 bits per heavy atom. The summed E-state index contributed by atoms with van der Waals surface area (Å²) in [6.07, 6.45) is 0. The molecule has 1 aromatic heterocycles. The molecule has 0 aliphatic heterocycles. The number of furan rings is 1. The first-order chi connectivity index (χ1) is 23.5. The minimum Gasteiger partial charge on any atom is -0.509 e. The number of hydrogen-bond acceptors (Lipinski definition) is 4. The van der Waals surface area contributed by atoms with Crippen LogP contribution in [-0.2, 0) is 0 Å². The van der Waals surface area contributed by atoms with Gasteiger partial charge in [0.1, 0.15) is 71.8 Å². The smallest absolute Gasteiger partial charge is 0.164 e.